The fraction of sp³-hybridized carbons (Fsp3) is 0.167. The molecule has 0 fully saturated rings. The van der Waals surface area contributed by atoms with Gasteiger partial charge in [-0.1, -0.05) is 54.6 Å². The lowest BCUT2D eigenvalue weighted by Crippen LogP contribution is -2.31. The van der Waals surface area contributed by atoms with Gasteiger partial charge in [0.05, 0.1) is 0 Å². The first-order valence-corrected chi connectivity index (χ1v) is 9.67. The number of nitrogens with one attached hydrogen (secondary N) is 2. The van der Waals surface area contributed by atoms with E-state index in [2.05, 4.69) is 10.6 Å². The fourth-order valence-corrected chi connectivity index (χ4v) is 3.36. The Labute approximate surface area is 169 Å². The van der Waals surface area contributed by atoms with Crippen molar-refractivity contribution in [1.82, 2.24) is 5.32 Å². The number of fused-ring (bicyclic) bond motifs is 1. The molecule has 4 rings (SSSR count). The van der Waals surface area contributed by atoms with E-state index in [-0.39, 0.29) is 11.8 Å². The molecule has 0 saturated heterocycles. The molecule has 1 aliphatic rings. The van der Waals surface area contributed by atoms with Gasteiger partial charge in [0.2, 0.25) is 0 Å². The molecule has 0 spiro atoms. The first-order chi connectivity index (χ1) is 14.2. The van der Waals surface area contributed by atoms with E-state index >= 15 is 0 Å². The average molecular weight is 386 g/mol. The van der Waals surface area contributed by atoms with Gasteiger partial charge < -0.3 is 15.4 Å². The van der Waals surface area contributed by atoms with Crippen LogP contribution in [0, 0.1) is 0 Å². The number of anilines is 1. The molecule has 0 aliphatic carbocycles. The lowest BCUT2D eigenvalue weighted by atomic mass is 10.1. The smallest absolute Gasteiger partial charge is 0.265 e. The molecule has 3 aromatic carbocycles. The van der Waals surface area contributed by atoms with Crippen LogP contribution in [0.2, 0.25) is 0 Å². The fourth-order valence-electron chi connectivity index (χ4n) is 3.36. The van der Waals surface area contributed by atoms with E-state index in [1.54, 1.807) is 24.3 Å². The molecule has 0 bridgehead atoms. The van der Waals surface area contributed by atoms with Crippen LogP contribution >= 0.6 is 0 Å². The predicted octanol–water partition coefficient (Wildman–Crippen LogP) is 3.60. The van der Waals surface area contributed by atoms with E-state index in [1.165, 1.54) is 5.56 Å². The van der Waals surface area contributed by atoms with Crippen molar-refractivity contribution in [2.75, 3.05) is 11.9 Å². The summed E-state index contributed by atoms with van der Waals surface area (Å²) >= 11 is 0. The maximum absolute atomic E-state index is 12.6. The lowest BCUT2D eigenvalue weighted by molar-refractivity contribution is -0.122. The molecule has 0 saturated carbocycles. The molecule has 1 unspecified atom stereocenters. The predicted molar refractivity (Wildman–Crippen MR) is 112 cm³/mol. The Hall–Kier alpha value is -3.60. The minimum absolute atomic E-state index is 0.165. The lowest BCUT2D eigenvalue weighted by Gasteiger charge is -2.12. The van der Waals surface area contributed by atoms with E-state index in [9.17, 15) is 9.59 Å². The number of ether oxygens (including phenoxy) is 1. The SMILES string of the molecule is O=C(NCCc1ccccc1)c1cccc(NC(=O)C2Cc3ccccc3O2)c1. The minimum Gasteiger partial charge on any atom is -0.480 e. The van der Waals surface area contributed by atoms with Crippen LogP contribution in [0.3, 0.4) is 0 Å². The summed E-state index contributed by atoms with van der Waals surface area (Å²) in [5.74, 6) is 0.364. The van der Waals surface area contributed by atoms with Crippen LogP contribution in [0.15, 0.2) is 78.9 Å². The van der Waals surface area contributed by atoms with Gasteiger partial charge in [0.25, 0.3) is 11.8 Å². The molecule has 5 nitrogen and oxygen atoms in total. The number of benzene rings is 3. The molecule has 1 atom stereocenters. The first kappa shape index (κ1) is 18.7. The summed E-state index contributed by atoms with van der Waals surface area (Å²) in [6.07, 6.45) is 0.750. The molecular formula is C24H22N2O3. The van der Waals surface area contributed by atoms with Crippen molar-refractivity contribution in [1.29, 1.82) is 0 Å². The van der Waals surface area contributed by atoms with Gasteiger partial charge in [-0.3, -0.25) is 9.59 Å². The molecule has 0 aromatic heterocycles. The summed E-state index contributed by atoms with van der Waals surface area (Å²) in [7, 11) is 0. The normalized spacial score (nSPS) is 14.6. The first-order valence-electron chi connectivity index (χ1n) is 9.67. The highest BCUT2D eigenvalue weighted by atomic mass is 16.5. The largest absolute Gasteiger partial charge is 0.480 e. The zero-order valence-corrected chi connectivity index (χ0v) is 15.9. The minimum atomic E-state index is -0.559. The van der Waals surface area contributed by atoms with E-state index < -0.39 is 6.10 Å². The van der Waals surface area contributed by atoms with Gasteiger partial charge in [-0.05, 0) is 41.8 Å². The quantitative estimate of drug-likeness (QED) is 0.680. The molecule has 5 heteroatoms. The number of hydrogen-bond acceptors (Lipinski definition) is 3. The number of amides is 2. The third-order valence-electron chi connectivity index (χ3n) is 4.87. The van der Waals surface area contributed by atoms with Crippen LogP contribution in [-0.4, -0.2) is 24.5 Å². The second kappa shape index (κ2) is 8.61. The molecule has 0 radical (unpaired) electrons. The van der Waals surface area contributed by atoms with Crippen LogP contribution in [-0.2, 0) is 17.6 Å². The summed E-state index contributed by atoms with van der Waals surface area (Å²) in [4.78, 5) is 25.0. The van der Waals surface area contributed by atoms with Gasteiger partial charge in [-0.15, -0.1) is 0 Å². The Kier molecular flexibility index (Phi) is 5.56. The van der Waals surface area contributed by atoms with E-state index in [0.29, 0.717) is 24.2 Å². The topological polar surface area (TPSA) is 67.4 Å². The standard InChI is InChI=1S/C24H22N2O3/c27-23(25-14-13-17-7-2-1-3-8-17)19-10-6-11-20(15-19)26-24(28)22-16-18-9-4-5-12-21(18)29-22/h1-12,15,22H,13-14,16H2,(H,25,27)(H,26,28). The molecule has 2 N–H and O–H groups in total. The van der Waals surface area contributed by atoms with Gasteiger partial charge >= 0.3 is 0 Å². The summed E-state index contributed by atoms with van der Waals surface area (Å²) in [5.41, 5.74) is 3.28. The maximum Gasteiger partial charge on any atom is 0.265 e. The number of para-hydroxylation sites is 1. The Morgan fingerprint density at radius 2 is 1.72 bits per heavy atom. The number of carbonyl (C=O) groups is 2. The van der Waals surface area contributed by atoms with Crippen LogP contribution in [0.5, 0.6) is 5.75 Å². The van der Waals surface area contributed by atoms with Gasteiger partial charge in [-0.2, -0.15) is 0 Å². The second-order valence-electron chi connectivity index (χ2n) is 6.98. The molecule has 1 aliphatic heterocycles. The van der Waals surface area contributed by atoms with Crippen molar-refractivity contribution in [2.24, 2.45) is 0 Å². The van der Waals surface area contributed by atoms with Crippen LogP contribution in [0.1, 0.15) is 21.5 Å². The van der Waals surface area contributed by atoms with Crippen LogP contribution in [0.4, 0.5) is 5.69 Å². The van der Waals surface area contributed by atoms with Crippen molar-refractivity contribution in [3.05, 3.63) is 95.6 Å². The Morgan fingerprint density at radius 3 is 2.55 bits per heavy atom. The van der Waals surface area contributed by atoms with Crippen LogP contribution in [0.25, 0.3) is 0 Å². The highest BCUT2D eigenvalue weighted by Gasteiger charge is 2.28. The third-order valence-corrected chi connectivity index (χ3v) is 4.87. The van der Waals surface area contributed by atoms with Crippen molar-refractivity contribution in [3.8, 4) is 5.75 Å². The molecule has 2 amide bonds. The summed E-state index contributed by atoms with van der Waals surface area (Å²) < 4.78 is 5.72. The van der Waals surface area contributed by atoms with E-state index in [1.807, 2.05) is 54.6 Å². The highest BCUT2D eigenvalue weighted by Crippen LogP contribution is 2.28. The number of hydrogen-bond donors (Lipinski definition) is 2. The number of rotatable bonds is 6. The Bertz CT molecular complexity index is 992. The molecule has 29 heavy (non-hydrogen) atoms. The highest BCUT2D eigenvalue weighted by molar-refractivity contribution is 5.98. The molecule has 1 heterocycles. The zero-order valence-electron chi connectivity index (χ0n) is 15.9. The Morgan fingerprint density at radius 1 is 0.931 bits per heavy atom. The van der Waals surface area contributed by atoms with E-state index in [4.69, 9.17) is 4.74 Å². The van der Waals surface area contributed by atoms with Gasteiger partial charge in [0.15, 0.2) is 6.10 Å². The third kappa shape index (κ3) is 4.63. The summed E-state index contributed by atoms with van der Waals surface area (Å²) in [5, 5.41) is 5.77. The molecular weight excluding hydrogens is 364 g/mol. The molecule has 3 aromatic rings. The van der Waals surface area contributed by atoms with Crippen LogP contribution < -0.4 is 15.4 Å². The maximum atomic E-state index is 12.6. The van der Waals surface area contributed by atoms with Gasteiger partial charge in [0.1, 0.15) is 5.75 Å². The van der Waals surface area contributed by atoms with E-state index in [0.717, 1.165) is 17.7 Å². The zero-order chi connectivity index (χ0) is 20.1. The van der Waals surface area contributed by atoms with Gasteiger partial charge in [-0.25, -0.2) is 0 Å². The monoisotopic (exact) mass is 386 g/mol. The molecule has 146 valence electrons. The average Bonchev–Trinajstić information content (AvgIpc) is 3.19. The summed E-state index contributed by atoms with van der Waals surface area (Å²) in [6, 6.07) is 24.6. The summed E-state index contributed by atoms with van der Waals surface area (Å²) in [6.45, 7) is 0.549. The second-order valence-corrected chi connectivity index (χ2v) is 6.98. The Balaban J connectivity index is 1.32. The van der Waals surface area contributed by atoms with Crippen molar-refractivity contribution >= 4 is 17.5 Å². The number of carbonyl (C=O) groups excluding carboxylic acids is 2. The van der Waals surface area contributed by atoms with Gasteiger partial charge in [0, 0.05) is 24.2 Å². The van der Waals surface area contributed by atoms with Crippen molar-refractivity contribution in [3.63, 3.8) is 0 Å². The van der Waals surface area contributed by atoms with Crippen molar-refractivity contribution < 1.29 is 14.3 Å². The van der Waals surface area contributed by atoms with Crippen molar-refractivity contribution in [2.45, 2.75) is 18.9 Å².